The molecule has 0 saturated carbocycles. The van der Waals surface area contributed by atoms with Gasteiger partial charge in [-0.2, -0.15) is 13.2 Å². The van der Waals surface area contributed by atoms with Crippen molar-refractivity contribution < 1.29 is 18.0 Å². The molecule has 1 saturated heterocycles. The van der Waals surface area contributed by atoms with Gasteiger partial charge in [0.05, 0.1) is 10.6 Å². The standard InChI is InChI=1S/C14H16ClF3N2O/c1-9-4-6-20(7-5-9)13(21)19-10-2-3-12(15)11(8-10)14(16,17)18/h2-3,8-9H,4-7H2,1H3,(H,19,21). The number of nitrogens with zero attached hydrogens (tertiary/aromatic N) is 1. The van der Waals surface area contributed by atoms with E-state index in [2.05, 4.69) is 12.2 Å². The highest BCUT2D eigenvalue weighted by molar-refractivity contribution is 6.31. The van der Waals surface area contributed by atoms with Crippen molar-refractivity contribution in [3.63, 3.8) is 0 Å². The first-order chi connectivity index (χ1) is 9.77. The minimum Gasteiger partial charge on any atom is -0.325 e. The van der Waals surface area contributed by atoms with Crippen molar-refractivity contribution in [2.45, 2.75) is 25.9 Å². The third-order valence-electron chi connectivity index (χ3n) is 3.59. The molecule has 1 aromatic carbocycles. The number of amides is 2. The zero-order chi connectivity index (χ0) is 15.6. The molecule has 0 aromatic heterocycles. The maximum Gasteiger partial charge on any atom is 0.417 e. The van der Waals surface area contributed by atoms with Crippen LogP contribution in [0, 0.1) is 5.92 Å². The number of hydrogen-bond acceptors (Lipinski definition) is 1. The summed E-state index contributed by atoms with van der Waals surface area (Å²) in [5.41, 5.74) is -0.857. The van der Waals surface area contributed by atoms with Crippen LogP contribution in [0.3, 0.4) is 0 Å². The molecule has 3 nitrogen and oxygen atoms in total. The van der Waals surface area contributed by atoms with Gasteiger partial charge in [-0.15, -0.1) is 0 Å². The van der Waals surface area contributed by atoms with Gasteiger partial charge in [-0.25, -0.2) is 4.79 Å². The van der Waals surface area contributed by atoms with E-state index >= 15 is 0 Å². The van der Waals surface area contributed by atoms with Gasteiger partial charge in [0.25, 0.3) is 0 Å². The van der Waals surface area contributed by atoms with E-state index in [0.29, 0.717) is 19.0 Å². The lowest BCUT2D eigenvalue weighted by Crippen LogP contribution is -2.40. The molecule has 0 atom stereocenters. The minimum atomic E-state index is -4.54. The third kappa shape index (κ3) is 4.03. The lowest BCUT2D eigenvalue weighted by molar-refractivity contribution is -0.137. The second-order valence-corrected chi connectivity index (χ2v) is 5.70. The van der Waals surface area contributed by atoms with Gasteiger partial charge in [0.2, 0.25) is 0 Å². The Labute approximate surface area is 126 Å². The number of likely N-dealkylation sites (tertiary alicyclic amines) is 1. The molecule has 1 aliphatic heterocycles. The number of carbonyl (C=O) groups is 1. The summed E-state index contributed by atoms with van der Waals surface area (Å²) in [6.07, 6.45) is -2.73. The van der Waals surface area contributed by atoms with E-state index < -0.39 is 11.7 Å². The van der Waals surface area contributed by atoms with E-state index in [4.69, 9.17) is 11.6 Å². The molecule has 1 heterocycles. The van der Waals surface area contributed by atoms with Crippen LogP contribution in [-0.2, 0) is 6.18 Å². The molecule has 2 rings (SSSR count). The highest BCUT2D eigenvalue weighted by atomic mass is 35.5. The van der Waals surface area contributed by atoms with Crippen molar-refractivity contribution >= 4 is 23.3 Å². The maximum atomic E-state index is 12.8. The molecule has 0 bridgehead atoms. The van der Waals surface area contributed by atoms with Gasteiger partial charge in [0.15, 0.2) is 0 Å². The molecule has 0 unspecified atom stereocenters. The number of alkyl halides is 3. The van der Waals surface area contributed by atoms with Crippen molar-refractivity contribution in [2.24, 2.45) is 5.92 Å². The fourth-order valence-corrected chi connectivity index (χ4v) is 2.46. The van der Waals surface area contributed by atoms with Crippen LogP contribution in [0.2, 0.25) is 5.02 Å². The van der Waals surface area contributed by atoms with E-state index in [1.165, 1.54) is 6.07 Å². The maximum absolute atomic E-state index is 12.8. The molecule has 0 radical (unpaired) electrons. The van der Waals surface area contributed by atoms with Crippen molar-refractivity contribution in [3.8, 4) is 0 Å². The summed E-state index contributed by atoms with van der Waals surface area (Å²) in [7, 11) is 0. The number of nitrogens with one attached hydrogen (secondary N) is 1. The molecule has 1 N–H and O–H groups in total. The van der Waals surface area contributed by atoms with Crippen LogP contribution in [0.4, 0.5) is 23.7 Å². The smallest absolute Gasteiger partial charge is 0.325 e. The van der Waals surface area contributed by atoms with E-state index in [-0.39, 0.29) is 16.7 Å². The van der Waals surface area contributed by atoms with Gasteiger partial charge >= 0.3 is 12.2 Å². The fourth-order valence-electron chi connectivity index (χ4n) is 2.23. The third-order valence-corrected chi connectivity index (χ3v) is 3.92. The Balaban J connectivity index is 2.08. The summed E-state index contributed by atoms with van der Waals surface area (Å²) >= 11 is 5.54. The molecule has 0 aliphatic carbocycles. The molecule has 1 aromatic rings. The molecule has 1 fully saturated rings. The molecular formula is C14H16ClF3N2O. The number of halogens is 4. The predicted molar refractivity (Wildman–Crippen MR) is 75.4 cm³/mol. The van der Waals surface area contributed by atoms with E-state index in [9.17, 15) is 18.0 Å². The lowest BCUT2D eigenvalue weighted by atomic mass is 10.00. The second-order valence-electron chi connectivity index (χ2n) is 5.29. The number of rotatable bonds is 1. The van der Waals surface area contributed by atoms with Gasteiger partial charge in [-0.3, -0.25) is 0 Å². The SMILES string of the molecule is CC1CCN(C(=O)Nc2ccc(Cl)c(C(F)(F)F)c2)CC1. The van der Waals surface area contributed by atoms with E-state index in [0.717, 1.165) is 25.0 Å². The number of carbonyl (C=O) groups excluding carboxylic acids is 1. The molecule has 116 valence electrons. The van der Waals surface area contributed by atoms with Gasteiger partial charge in [-0.1, -0.05) is 18.5 Å². The van der Waals surface area contributed by atoms with Crippen LogP contribution in [-0.4, -0.2) is 24.0 Å². The summed E-state index contributed by atoms with van der Waals surface area (Å²) in [6, 6.07) is 2.98. The van der Waals surface area contributed by atoms with E-state index in [1.807, 2.05) is 0 Å². The van der Waals surface area contributed by atoms with Crippen LogP contribution >= 0.6 is 11.6 Å². The number of piperidine rings is 1. The fraction of sp³-hybridized carbons (Fsp3) is 0.500. The Morgan fingerprint density at radius 2 is 1.95 bits per heavy atom. The van der Waals surface area contributed by atoms with Crippen LogP contribution in [0.25, 0.3) is 0 Å². The van der Waals surface area contributed by atoms with E-state index in [1.54, 1.807) is 4.90 Å². The molecule has 7 heteroatoms. The summed E-state index contributed by atoms with van der Waals surface area (Å²) < 4.78 is 38.3. The normalized spacial score (nSPS) is 16.9. The number of anilines is 1. The first-order valence-electron chi connectivity index (χ1n) is 6.70. The van der Waals surface area contributed by atoms with Crippen molar-refractivity contribution in [2.75, 3.05) is 18.4 Å². The van der Waals surface area contributed by atoms with Gasteiger partial charge in [0, 0.05) is 18.8 Å². The highest BCUT2D eigenvalue weighted by Crippen LogP contribution is 2.36. The van der Waals surface area contributed by atoms with Crippen molar-refractivity contribution in [3.05, 3.63) is 28.8 Å². The van der Waals surface area contributed by atoms with Crippen LogP contribution < -0.4 is 5.32 Å². The number of benzene rings is 1. The average molecular weight is 321 g/mol. The van der Waals surface area contributed by atoms with Crippen LogP contribution in [0.5, 0.6) is 0 Å². The first-order valence-corrected chi connectivity index (χ1v) is 7.08. The van der Waals surface area contributed by atoms with Gasteiger partial charge in [0.1, 0.15) is 0 Å². The summed E-state index contributed by atoms with van der Waals surface area (Å²) in [6.45, 7) is 3.35. The Morgan fingerprint density at radius 3 is 2.52 bits per heavy atom. The minimum absolute atomic E-state index is 0.0929. The zero-order valence-electron chi connectivity index (χ0n) is 11.5. The lowest BCUT2D eigenvalue weighted by Gasteiger charge is -2.30. The van der Waals surface area contributed by atoms with Crippen LogP contribution in [0.1, 0.15) is 25.3 Å². The summed E-state index contributed by atoms with van der Waals surface area (Å²) in [5.74, 6) is 0.571. The Kier molecular flexibility index (Phi) is 4.66. The highest BCUT2D eigenvalue weighted by Gasteiger charge is 2.33. The Bertz CT molecular complexity index is 525. The quantitative estimate of drug-likeness (QED) is 0.804. The molecule has 1 aliphatic rings. The Morgan fingerprint density at radius 1 is 1.33 bits per heavy atom. The predicted octanol–water partition coefficient (Wildman–Crippen LogP) is 4.62. The summed E-state index contributed by atoms with van der Waals surface area (Å²) in [4.78, 5) is 13.6. The zero-order valence-corrected chi connectivity index (χ0v) is 12.3. The average Bonchev–Trinajstić information content (AvgIpc) is 2.40. The topological polar surface area (TPSA) is 32.3 Å². The Hall–Kier alpha value is -1.43. The van der Waals surface area contributed by atoms with Gasteiger partial charge in [-0.05, 0) is 37.0 Å². The largest absolute Gasteiger partial charge is 0.417 e. The number of hydrogen-bond donors (Lipinski definition) is 1. The molecule has 21 heavy (non-hydrogen) atoms. The first kappa shape index (κ1) is 15.9. The van der Waals surface area contributed by atoms with Crippen LogP contribution in [0.15, 0.2) is 18.2 Å². The molecule has 0 spiro atoms. The summed E-state index contributed by atoms with van der Waals surface area (Å²) in [5, 5.41) is 2.11. The molecule has 2 amide bonds. The van der Waals surface area contributed by atoms with Crippen molar-refractivity contribution in [1.82, 2.24) is 4.90 Å². The second kappa shape index (κ2) is 6.13. The molecular weight excluding hydrogens is 305 g/mol. The number of urea groups is 1. The monoisotopic (exact) mass is 320 g/mol. The van der Waals surface area contributed by atoms with Crippen molar-refractivity contribution in [1.29, 1.82) is 0 Å². The van der Waals surface area contributed by atoms with Gasteiger partial charge < -0.3 is 10.2 Å².